The summed E-state index contributed by atoms with van der Waals surface area (Å²) in [6.45, 7) is 0.733. The van der Waals surface area contributed by atoms with E-state index in [1.54, 1.807) is 0 Å². The molecule has 1 unspecified atom stereocenters. The molecule has 11 heteroatoms. The molecular weight excluding hydrogens is 502 g/mol. The zero-order valence-electron chi connectivity index (χ0n) is 18.8. The van der Waals surface area contributed by atoms with Gasteiger partial charge in [-0.3, -0.25) is 14.9 Å². The van der Waals surface area contributed by atoms with E-state index in [1.165, 1.54) is 58.4 Å². The minimum absolute atomic E-state index is 0.0227. The summed E-state index contributed by atoms with van der Waals surface area (Å²) in [5.41, 5.74) is 4.59. The molecule has 1 aromatic carbocycles. The summed E-state index contributed by atoms with van der Waals surface area (Å²) in [5.74, 6) is -0.125. The van der Waals surface area contributed by atoms with Crippen molar-refractivity contribution in [3.63, 3.8) is 0 Å². The number of amides is 1. The number of aromatic nitrogens is 4. The molecule has 0 bridgehead atoms. The molecule has 1 saturated heterocycles. The summed E-state index contributed by atoms with van der Waals surface area (Å²) in [6, 6.07) is 6.52. The third kappa shape index (κ3) is 4.77. The monoisotopic (exact) mass is 525 g/mol. The number of benzene rings is 1. The van der Waals surface area contributed by atoms with E-state index < -0.39 is 0 Å². The number of thiophene rings is 1. The maximum absolute atomic E-state index is 13.0. The van der Waals surface area contributed by atoms with Crippen molar-refractivity contribution in [2.24, 2.45) is 0 Å². The Morgan fingerprint density at radius 1 is 1.20 bits per heavy atom. The number of hydrogen-bond acceptors (Lipinski definition) is 9. The number of rotatable bonds is 6. The molecule has 35 heavy (non-hydrogen) atoms. The van der Waals surface area contributed by atoms with Crippen LogP contribution in [0.25, 0.3) is 21.3 Å². The minimum atomic E-state index is -0.228. The molecule has 1 aliphatic carbocycles. The number of ether oxygens (including phenoxy) is 1. The van der Waals surface area contributed by atoms with Crippen molar-refractivity contribution in [1.29, 1.82) is 0 Å². The Morgan fingerprint density at radius 3 is 2.94 bits per heavy atom. The van der Waals surface area contributed by atoms with Gasteiger partial charge in [0.15, 0.2) is 5.16 Å². The molecule has 0 spiro atoms. The number of hydrogen-bond donors (Lipinski definition) is 2. The van der Waals surface area contributed by atoms with Gasteiger partial charge in [-0.05, 0) is 55.2 Å². The normalized spacial score (nSPS) is 17.5. The zero-order valence-corrected chi connectivity index (χ0v) is 21.3. The van der Waals surface area contributed by atoms with Crippen molar-refractivity contribution >= 4 is 55.7 Å². The molecule has 1 aliphatic heterocycles. The number of aryl methyl sites for hydroxylation is 2. The second-order valence-electron chi connectivity index (χ2n) is 8.68. The van der Waals surface area contributed by atoms with E-state index in [0.717, 1.165) is 48.4 Å². The highest BCUT2D eigenvalue weighted by atomic mass is 32.2. The summed E-state index contributed by atoms with van der Waals surface area (Å²) in [5, 5.41) is 15.2. The first-order valence-corrected chi connectivity index (χ1v) is 14.3. The highest BCUT2D eigenvalue weighted by Gasteiger charge is 2.22. The van der Waals surface area contributed by atoms with Gasteiger partial charge in [0.05, 0.1) is 11.1 Å². The van der Waals surface area contributed by atoms with Crippen LogP contribution in [0.1, 0.15) is 47.9 Å². The number of nitrogens with zero attached hydrogens (tertiary/aromatic N) is 3. The predicted octanol–water partition coefficient (Wildman–Crippen LogP) is 4.96. The van der Waals surface area contributed by atoms with E-state index in [1.807, 2.05) is 5.38 Å². The van der Waals surface area contributed by atoms with Crippen LogP contribution in [-0.4, -0.2) is 38.4 Å². The lowest BCUT2D eigenvalue weighted by Crippen LogP contribution is -2.15. The van der Waals surface area contributed by atoms with Crippen LogP contribution in [0.5, 0.6) is 0 Å². The Morgan fingerprint density at radius 2 is 2.09 bits per heavy atom. The van der Waals surface area contributed by atoms with Crippen molar-refractivity contribution in [2.45, 2.75) is 49.8 Å². The molecule has 180 valence electrons. The van der Waals surface area contributed by atoms with Crippen LogP contribution in [0.15, 0.2) is 33.5 Å². The topological polar surface area (TPSA) is 110 Å². The molecule has 2 N–H and O–H groups in total. The Bertz CT molecular complexity index is 1450. The number of thioether (sulfide) groups is 1. The van der Waals surface area contributed by atoms with Crippen LogP contribution in [-0.2, 0) is 22.4 Å². The summed E-state index contributed by atoms with van der Waals surface area (Å²) >= 11 is 3.98. The number of carbonyl (C=O) groups is 1. The summed E-state index contributed by atoms with van der Waals surface area (Å²) in [4.78, 5) is 33.5. The number of nitrogens with one attached hydrogen (secondary N) is 2. The second-order valence-corrected chi connectivity index (χ2v) is 11.5. The average molecular weight is 526 g/mol. The van der Waals surface area contributed by atoms with Crippen LogP contribution >= 0.6 is 34.4 Å². The van der Waals surface area contributed by atoms with Gasteiger partial charge in [-0.15, -0.1) is 21.5 Å². The number of anilines is 1. The van der Waals surface area contributed by atoms with Crippen LogP contribution in [0.3, 0.4) is 0 Å². The summed E-state index contributed by atoms with van der Waals surface area (Å²) in [6.07, 6.45) is 6.60. The quantitative estimate of drug-likeness (QED) is 0.270. The van der Waals surface area contributed by atoms with Crippen molar-refractivity contribution in [3.05, 3.63) is 50.1 Å². The van der Waals surface area contributed by atoms with Gasteiger partial charge >= 0.3 is 0 Å². The van der Waals surface area contributed by atoms with Gasteiger partial charge in [-0.25, -0.2) is 4.98 Å². The smallest absolute Gasteiger partial charge is 0.260 e. The summed E-state index contributed by atoms with van der Waals surface area (Å²) < 4.78 is 5.61. The Labute approximate surface area is 213 Å². The molecule has 1 atom stereocenters. The van der Waals surface area contributed by atoms with E-state index in [-0.39, 0.29) is 23.3 Å². The highest BCUT2D eigenvalue weighted by molar-refractivity contribution is 7.99. The van der Waals surface area contributed by atoms with Crippen molar-refractivity contribution in [2.75, 3.05) is 17.7 Å². The molecule has 1 amide bonds. The first kappa shape index (κ1) is 22.8. The lowest BCUT2D eigenvalue weighted by Gasteiger charge is -2.16. The molecule has 0 saturated carbocycles. The van der Waals surface area contributed by atoms with Crippen molar-refractivity contribution < 1.29 is 9.53 Å². The van der Waals surface area contributed by atoms with Gasteiger partial charge < -0.3 is 9.72 Å². The van der Waals surface area contributed by atoms with Crippen LogP contribution in [0.4, 0.5) is 5.13 Å². The fourth-order valence-electron chi connectivity index (χ4n) is 4.59. The second kappa shape index (κ2) is 9.81. The maximum Gasteiger partial charge on any atom is 0.260 e. The highest BCUT2D eigenvalue weighted by Crippen LogP contribution is 2.34. The molecule has 0 radical (unpaired) electrons. The van der Waals surface area contributed by atoms with Gasteiger partial charge in [0, 0.05) is 17.6 Å². The van der Waals surface area contributed by atoms with E-state index in [0.29, 0.717) is 20.5 Å². The fourth-order valence-corrected chi connectivity index (χ4v) is 7.10. The van der Waals surface area contributed by atoms with Gasteiger partial charge in [-0.2, -0.15) is 0 Å². The molecular formula is C24H23N5O3S3. The molecule has 4 aromatic rings. The lowest BCUT2D eigenvalue weighted by molar-refractivity contribution is -0.113. The molecule has 4 heterocycles. The van der Waals surface area contributed by atoms with Gasteiger partial charge in [0.1, 0.15) is 15.9 Å². The summed E-state index contributed by atoms with van der Waals surface area (Å²) in [7, 11) is 0. The van der Waals surface area contributed by atoms with E-state index >= 15 is 0 Å². The predicted molar refractivity (Wildman–Crippen MR) is 140 cm³/mol. The Kier molecular flexibility index (Phi) is 6.40. The number of carbonyl (C=O) groups excluding carboxylic acids is 1. The molecule has 2 aliphatic rings. The number of aromatic amines is 1. The van der Waals surface area contributed by atoms with Crippen LogP contribution in [0, 0.1) is 0 Å². The number of H-pyrrole nitrogens is 1. The van der Waals surface area contributed by atoms with Gasteiger partial charge in [-0.1, -0.05) is 41.3 Å². The van der Waals surface area contributed by atoms with Crippen molar-refractivity contribution in [3.8, 4) is 11.1 Å². The van der Waals surface area contributed by atoms with Crippen LogP contribution < -0.4 is 10.9 Å². The average Bonchev–Trinajstić information content (AvgIpc) is 3.63. The van der Waals surface area contributed by atoms with Gasteiger partial charge in [0.2, 0.25) is 11.0 Å². The van der Waals surface area contributed by atoms with E-state index in [2.05, 4.69) is 43.7 Å². The molecule has 6 rings (SSSR count). The third-order valence-corrected chi connectivity index (χ3v) is 8.99. The zero-order chi connectivity index (χ0) is 23.8. The SMILES string of the molecule is O=C(CSc1nc2scc(-c3ccc4c(c3)CCCC4)c2c(=O)[nH]1)Nc1nnc(C2CCCO2)s1. The van der Waals surface area contributed by atoms with E-state index in [9.17, 15) is 9.59 Å². The minimum Gasteiger partial charge on any atom is -0.371 e. The molecule has 8 nitrogen and oxygen atoms in total. The lowest BCUT2D eigenvalue weighted by atomic mass is 9.89. The van der Waals surface area contributed by atoms with E-state index in [4.69, 9.17) is 4.74 Å². The van der Waals surface area contributed by atoms with Gasteiger partial charge in [0.25, 0.3) is 5.56 Å². The standard InChI is InChI=1S/C24H23N5O3S3/c30-18(25-24-29-28-21(35-24)17-6-3-9-32-17)12-34-23-26-20(31)19-16(11-33-22(19)27-23)15-8-7-13-4-1-2-5-14(13)10-15/h7-8,10-11,17H,1-6,9,12H2,(H,25,29,30)(H,26,27,31). The third-order valence-electron chi connectivity index (χ3n) is 6.31. The Hall–Kier alpha value is -2.60. The maximum atomic E-state index is 13.0. The fraction of sp³-hybridized carbons (Fsp3) is 0.375. The largest absolute Gasteiger partial charge is 0.371 e. The van der Waals surface area contributed by atoms with Crippen molar-refractivity contribution in [1.82, 2.24) is 20.2 Å². The molecule has 3 aromatic heterocycles. The first-order valence-electron chi connectivity index (χ1n) is 11.7. The van der Waals surface area contributed by atoms with Crippen LogP contribution in [0.2, 0.25) is 0 Å². The Balaban J connectivity index is 1.15. The number of fused-ring (bicyclic) bond motifs is 2. The first-order chi connectivity index (χ1) is 17.1. The molecule has 1 fully saturated rings.